The molecule has 1 N–H and O–H groups in total. The fourth-order valence-electron chi connectivity index (χ4n) is 2.62. The largest absolute Gasteiger partial charge is 0.444 e. The summed E-state index contributed by atoms with van der Waals surface area (Å²) in [5, 5.41) is 3.84. The fraction of sp³-hybridized carbons (Fsp3) is 0.500. The monoisotopic (exact) mass is 382 g/mol. The number of carbonyl (C=O) groups excluding carboxylic acids is 2. The summed E-state index contributed by atoms with van der Waals surface area (Å²) >= 11 is 7.54. The van der Waals surface area contributed by atoms with Crippen LogP contribution in [0.1, 0.15) is 32.1 Å². The topological polar surface area (TPSA) is 84.4 Å². The van der Waals surface area contributed by atoms with Gasteiger partial charge in [-0.2, -0.15) is 0 Å². The molecule has 7 nitrogen and oxygen atoms in total. The van der Waals surface area contributed by atoms with Crippen molar-refractivity contribution in [3.63, 3.8) is 0 Å². The zero-order valence-electron chi connectivity index (χ0n) is 14.2. The van der Waals surface area contributed by atoms with Gasteiger partial charge in [-0.15, -0.1) is 11.3 Å². The van der Waals surface area contributed by atoms with Gasteiger partial charge in [0, 0.05) is 16.8 Å². The Morgan fingerprint density at radius 3 is 2.92 bits per heavy atom. The first kappa shape index (κ1) is 17.9. The first-order valence-electron chi connectivity index (χ1n) is 7.90. The number of rotatable bonds is 3. The summed E-state index contributed by atoms with van der Waals surface area (Å²) in [6, 6.07) is 1.36. The van der Waals surface area contributed by atoms with Crippen LogP contribution in [0.25, 0.3) is 10.2 Å². The molecule has 0 saturated carbocycles. The quantitative estimate of drug-likeness (QED) is 0.825. The standard InChI is InChI=1S/C16H19ClN4O3S/c1-16(2,3)24-15(23)20-11-4-5-21(14(11)22)7-9-6-10-12(17)18-8-19-13(10)25-9/h6,8,11H,4-5,7H2,1-3H3,(H,20,23)/t11-/m0/s1. The lowest BCUT2D eigenvalue weighted by Gasteiger charge is -2.21. The Morgan fingerprint density at radius 1 is 1.48 bits per heavy atom. The van der Waals surface area contributed by atoms with Gasteiger partial charge < -0.3 is 15.0 Å². The number of likely N-dealkylation sites (tertiary alicyclic amines) is 1. The molecular formula is C16H19ClN4O3S. The molecule has 0 radical (unpaired) electrons. The number of alkyl carbamates (subject to hydrolysis) is 1. The number of hydrogen-bond acceptors (Lipinski definition) is 6. The number of nitrogens with zero attached hydrogens (tertiary/aromatic N) is 3. The van der Waals surface area contributed by atoms with Crippen LogP contribution in [0.3, 0.4) is 0 Å². The highest BCUT2D eigenvalue weighted by molar-refractivity contribution is 7.18. The van der Waals surface area contributed by atoms with Crippen molar-refractivity contribution in [1.82, 2.24) is 20.2 Å². The summed E-state index contributed by atoms with van der Waals surface area (Å²) < 4.78 is 5.21. The third-order valence-electron chi connectivity index (χ3n) is 3.67. The normalized spacial score (nSPS) is 18.0. The van der Waals surface area contributed by atoms with Crippen molar-refractivity contribution in [2.24, 2.45) is 0 Å². The Morgan fingerprint density at radius 2 is 2.24 bits per heavy atom. The lowest BCUT2D eigenvalue weighted by Crippen LogP contribution is -2.43. The minimum atomic E-state index is -0.594. The molecule has 134 valence electrons. The highest BCUT2D eigenvalue weighted by atomic mass is 35.5. The number of thiophene rings is 1. The predicted molar refractivity (Wildman–Crippen MR) is 95.6 cm³/mol. The second-order valence-electron chi connectivity index (χ2n) is 6.84. The molecule has 0 aromatic carbocycles. The van der Waals surface area contributed by atoms with Crippen molar-refractivity contribution < 1.29 is 14.3 Å². The predicted octanol–water partition coefficient (Wildman–Crippen LogP) is 2.97. The third kappa shape index (κ3) is 4.19. The molecule has 3 rings (SSSR count). The van der Waals surface area contributed by atoms with Crippen LogP contribution in [-0.2, 0) is 16.1 Å². The van der Waals surface area contributed by atoms with Crippen LogP contribution in [0.2, 0.25) is 5.15 Å². The van der Waals surface area contributed by atoms with Crippen LogP contribution in [0.15, 0.2) is 12.4 Å². The van der Waals surface area contributed by atoms with Gasteiger partial charge in [-0.3, -0.25) is 4.79 Å². The average molecular weight is 383 g/mol. The van der Waals surface area contributed by atoms with Gasteiger partial charge in [0.05, 0.1) is 6.54 Å². The summed E-state index contributed by atoms with van der Waals surface area (Å²) in [4.78, 5) is 36.0. The van der Waals surface area contributed by atoms with Crippen molar-refractivity contribution in [2.75, 3.05) is 6.54 Å². The molecule has 1 aliphatic heterocycles. The summed E-state index contributed by atoms with van der Waals surface area (Å²) in [7, 11) is 0. The van der Waals surface area contributed by atoms with Gasteiger partial charge in [0.15, 0.2) is 0 Å². The van der Waals surface area contributed by atoms with E-state index in [2.05, 4.69) is 15.3 Å². The van der Waals surface area contributed by atoms with Gasteiger partial charge in [-0.25, -0.2) is 14.8 Å². The number of halogens is 1. The summed E-state index contributed by atoms with van der Waals surface area (Å²) in [5.74, 6) is -0.111. The molecule has 1 aliphatic rings. The molecule has 0 unspecified atom stereocenters. The van der Waals surface area contributed by atoms with E-state index in [1.54, 1.807) is 25.7 Å². The fourth-order valence-corrected chi connectivity index (χ4v) is 3.88. The Bertz CT molecular complexity index is 817. The van der Waals surface area contributed by atoms with Gasteiger partial charge >= 0.3 is 6.09 Å². The van der Waals surface area contributed by atoms with Crippen LogP contribution in [-0.4, -0.2) is 45.1 Å². The molecule has 0 bridgehead atoms. The molecule has 2 aromatic heterocycles. The number of ether oxygens (including phenoxy) is 1. The van der Waals surface area contributed by atoms with E-state index in [0.29, 0.717) is 24.7 Å². The molecule has 25 heavy (non-hydrogen) atoms. The Kier molecular flexibility index (Phi) is 4.83. The number of amides is 2. The van der Waals surface area contributed by atoms with E-state index >= 15 is 0 Å². The van der Waals surface area contributed by atoms with Crippen LogP contribution >= 0.6 is 22.9 Å². The first-order chi connectivity index (χ1) is 11.7. The number of aromatic nitrogens is 2. The summed E-state index contributed by atoms with van der Waals surface area (Å²) in [5.41, 5.74) is -0.594. The Hall–Kier alpha value is -1.93. The van der Waals surface area contributed by atoms with E-state index in [-0.39, 0.29) is 5.91 Å². The molecule has 0 aliphatic carbocycles. The number of hydrogen-bond donors (Lipinski definition) is 1. The average Bonchev–Trinajstić information content (AvgIpc) is 3.04. The van der Waals surface area contributed by atoms with Crippen molar-refractivity contribution in [2.45, 2.75) is 45.4 Å². The van der Waals surface area contributed by atoms with Gasteiger partial charge in [-0.05, 0) is 33.3 Å². The van der Waals surface area contributed by atoms with Crippen LogP contribution in [0, 0.1) is 0 Å². The van der Waals surface area contributed by atoms with Crippen molar-refractivity contribution in [3.05, 3.63) is 22.4 Å². The SMILES string of the molecule is CC(C)(C)OC(=O)N[C@H]1CCN(Cc2cc3c(Cl)ncnc3s2)C1=O. The van der Waals surface area contributed by atoms with Gasteiger partial charge in [0.1, 0.15) is 28.0 Å². The van der Waals surface area contributed by atoms with Gasteiger partial charge in [-0.1, -0.05) is 11.6 Å². The minimum absolute atomic E-state index is 0.111. The molecule has 9 heteroatoms. The van der Waals surface area contributed by atoms with Crippen LogP contribution in [0.4, 0.5) is 4.79 Å². The number of fused-ring (bicyclic) bond motifs is 1. The smallest absolute Gasteiger partial charge is 0.408 e. The molecule has 1 fully saturated rings. The second kappa shape index (κ2) is 6.76. The van der Waals surface area contributed by atoms with E-state index in [1.165, 1.54) is 17.7 Å². The molecule has 3 heterocycles. The molecule has 0 spiro atoms. The Balaban J connectivity index is 1.63. The lowest BCUT2D eigenvalue weighted by atomic mass is 10.2. The lowest BCUT2D eigenvalue weighted by molar-refractivity contribution is -0.129. The van der Waals surface area contributed by atoms with Crippen LogP contribution in [0.5, 0.6) is 0 Å². The van der Waals surface area contributed by atoms with Gasteiger partial charge in [0.2, 0.25) is 5.91 Å². The van der Waals surface area contributed by atoms with E-state index in [9.17, 15) is 9.59 Å². The van der Waals surface area contributed by atoms with Crippen LogP contribution < -0.4 is 5.32 Å². The zero-order chi connectivity index (χ0) is 18.2. The first-order valence-corrected chi connectivity index (χ1v) is 9.09. The summed E-state index contributed by atoms with van der Waals surface area (Å²) in [6.07, 6.45) is 1.41. The van der Waals surface area contributed by atoms with E-state index in [4.69, 9.17) is 16.3 Å². The van der Waals surface area contributed by atoms with E-state index in [0.717, 1.165) is 15.1 Å². The highest BCUT2D eigenvalue weighted by Crippen LogP contribution is 2.29. The van der Waals surface area contributed by atoms with E-state index in [1.807, 2.05) is 6.07 Å². The maximum atomic E-state index is 12.5. The van der Waals surface area contributed by atoms with E-state index < -0.39 is 17.7 Å². The third-order valence-corrected chi connectivity index (χ3v) is 5.00. The second-order valence-corrected chi connectivity index (χ2v) is 8.32. The van der Waals surface area contributed by atoms with Crippen molar-refractivity contribution in [3.8, 4) is 0 Å². The summed E-state index contributed by atoms with van der Waals surface area (Å²) in [6.45, 7) is 6.39. The zero-order valence-corrected chi connectivity index (χ0v) is 15.8. The highest BCUT2D eigenvalue weighted by Gasteiger charge is 2.34. The maximum Gasteiger partial charge on any atom is 0.408 e. The molecule has 2 amide bonds. The molecule has 1 atom stereocenters. The van der Waals surface area contributed by atoms with Crippen molar-refractivity contribution in [1.29, 1.82) is 0 Å². The van der Waals surface area contributed by atoms with Crippen molar-refractivity contribution >= 4 is 45.2 Å². The molecule has 2 aromatic rings. The maximum absolute atomic E-state index is 12.5. The molecular weight excluding hydrogens is 364 g/mol. The number of carbonyl (C=O) groups is 2. The van der Waals surface area contributed by atoms with Gasteiger partial charge in [0.25, 0.3) is 0 Å². The minimum Gasteiger partial charge on any atom is -0.444 e. The number of nitrogens with one attached hydrogen (secondary N) is 1. The molecule has 1 saturated heterocycles. The Labute approximate surface area is 154 Å².